The summed E-state index contributed by atoms with van der Waals surface area (Å²) in [5.41, 5.74) is 1.81. The third kappa shape index (κ3) is 2.53. The molecule has 4 nitrogen and oxygen atoms in total. The van der Waals surface area contributed by atoms with Crippen molar-refractivity contribution in [3.63, 3.8) is 0 Å². The van der Waals surface area contributed by atoms with Crippen molar-refractivity contribution in [3.05, 3.63) is 30.1 Å². The lowest BCUT2D eigenvalue weighted by atomic mass is 10.1. The molecule has 0 unspecified atom stereocenters. The molecule has 0 bridgehead atoms. The molecule has 0 atom stereocenters. The Morgan fingerprint density at radius 3 is 2.89 bits per heavy atom. The van der Waals surface area contributed by atoms with E-state index in [0.717, 1.165) is 30.4 Å². The molecule has 0 saturated heterocycles. The average Bonchev–Trinajstić information content (AvgIpc) is 2.72. The van der Waals surface area contributed by atoms with Crippen molar-refractivity contribution in [2.45, 2.75) is 33.2 Å². The number of carboxylic acids is 1. The Kier molecular flexibility index (Phi) is 3.65. The summed E-state index contributed by atoms with van der Waals surface area (Å²) in [6, 6.07) is 5.21. The van der Waals surface area contributed by atoms with Crippen LogP contribution >= 0.6 is 0 Å². The molecule has 0 aliphatic carbocycles. The Labute approximate surface area is 106 Å². The van der Waals surface area contributed by atoms with E-state index in [-0.39, 0.29) is 0 Å². The Morgan fingerprint density at radius 2 is 2.22 bits per heavy atom. The highest BCUT2D eigenvalue weighted by Gasteiger charge is 2.12. The number of imidazole rings is 1. The third-order valence-corrected chi connectivity index (χ3v) is 3.05. The van der Waals surface area contributed by atoms with Crippen LogP contribution < -0.4 is 0 Å². The van der Waals surface area contributed by atoms with Crippen LogP contribution in [0.2, 0.25) is 0 Å². The van der Waals surface area contributed by atoms with Gasteiger partial charge in [-0.05, 0) is 30.9 Å². The van der Waals surface area contributed by atoms with Crippen molar-refractivity contribution in [2.75, 3.05) is 0 Å². The number of carbonyl (C=O) groups is 1. The minimum absolute atomic E-state index is 0.328. The molecule has 96 valence electrons. The van der Waals surface area contributed by atoms with Crippen LogP contribution in [0.25, 0.3) is 11.0 Å². The molecule has 0 fully saturated rings. The van der Waals surface area contributed by atoms with Gasteiger partial charge in [-0.3, -0.25) is 0 Å². The van der Waals surface area contributed by atoms with Crippen LogP contribution in [0.3, 0.4) is 0 Å². The highest BCUT2D eigenvalue weighted by atomic mass is 16.4. The summed E-state index contributed by atoms with van der Waals surface area (Å²) in [5.74, 6) is -0.232. The molecule has 18 heavy (non-hydrogen) atoms. The van der Waals surface area contributed by atoms with Gasteiger partial charge in [0.2, 0.25) is 0 Å². The fourth-order valence-electron chi connectivity index (χ4n) is 2.14. The molecule has 2 aromatic rings. The Bertz CT molecular complexity index is 558. The molecule has 0 aliphatic heterocycles. The lowest BCUT2D eigenvalue weighted by molar-refractivity contribution is 0.0698. The number of hydrogen-bond donors (Lipinski definition) is 1. The zero-order valence-corrected chi connectivity index (χ0v) is 10.8. The van der Waals surface area contributed by atoms with Crippen molar-refractivity contribution in [3.8, 4) is 0 Å². The molecule has 0 amide bonds. The van der Waals surface area contributed by atoms with Crippen molar-refractivity contribution in [2.24, 2.45) is 5.92 Å². The van der Waals surface area contributed by atoms with Gasteiger partial charge >= 0.3 is 5.97 Å². The lowest BCUT2D eigenvalue weighted by Crippen LogP contribution is -2.04. The zero-order valence-electron chi connectivity index (χ0n) is 10.8. The topological polar surface area (TPSA) is 55.1 Å². The van der Waals surface area contributed by atoms with Gasteiger partial charge < -0.3 is 9.67 Å². The van der Waals surface area contributed by atoms with Crippen molar-refractivity contribution in [1.82, 2.24) is 9.55 Å². The summed E-state index contributed by atoms with van der Waals surface area (Å²) in [4.78, 5) is 15.5. The Morgan fingerprint density at radius 1 is 1.44 bits per heavy atom. The fourth-order valence-corrected chi connectivity index (χ4v) is 2.14. The normalized spacial score (nSPS) is 11.3. The second kappa shape index (κ2) is 5.21. The monoisotopic (exact) mass is 246 g/mol. The standard InChI is InChI=1S/C14H18N2O2/c1-10(2)5-4-8-16-9-15-12-7-3-6-11(13(12)16)14(17)18/h3,6-7,9-10H,4-5,8H2,1-2H3,(H,17,18). The first kappa shape index (κ1) is 12.6. The summed E-state index contributed by atoms with van der Waals surface area (Å²) < 4.78 is 1.95. The van der Waals surface area contributed by atoms with E-state index in [0.29, 0.717) is 11.5 Å². The highest BCUT2D eigenvalue weighted by Crippen LogP contribution is 2.19. The predicted molar refractivity (Wildman–Crippen MR) is 70.8 cm³/mol. The third-order valence-electron chi connectivity index (χ3n) is 3.05. The molecule has 0 spiro atoms. The van der Waals surface area contributed by atoms with Gasteiger partial charge in [-0.1, -0.05) is 19.9 Å². The number of hydrogen-bond acceptors (Lipinski definition) is 2. The molecule has 1 N–H and O–H groups in total. The van der Waals surface area contributed by atoms with E-state index in [9.17, 15) is 9.90 Å². The summed E-state index contributed by atoms with van der Waals surface area (Å²) in [6.45, 7) is 5.20. The van der Waals surface area contributed by atoms with Gasteiger partial charge in [0.15, 0.2) is 0 Å². The van der Waals surface area contributed by atoms with Crippen molar-refractivity contribution in [1.29, 1.82) is 0 Å². The maximum absolute atomic E-state index is 11.2. The number of benzene rings is 1. The van der Waals surface area contributed by atoms with Gasteiger partial charge in [0.05, 0.1) is 22.9 Å². The summed E-state index contributed by atoms with van der Waals surface area (Å²) in [5, 5.41) is 9.20. The Hall–Kier alpha value is -1.84. The van der Waals surface area contributed by atoms with Gasteiger partial charge in [-0.15, -0.1) is 0 Å². The van der Waals surface area contributed by atoms with Gasteiger partial charge in [0.25, 0.3) is 0 Å². The van der Waals surface area contributed by atoms with Crippen LogP contribution in [0.4, 0.5) is 0 Å². The summed E-state index contributed by atoms with van der Waals surface area (Å²) >= 11 is 0. The van der Waals surface area contributed by atoms with Crippen LogP contribution in [0.1, 0.15) is 37.0 Å². The molecule has 0 aliphatic rings. The molecule has 2 rings (SSSR count). The SMILES string of the molecule is CC(C)CCCn1cnc2cccc(C(=O)O)c21. The number of aromatic carboxylic acids is 1. The predicted octanol–water partition coefficient (Wildman–Crippen LogP) is 3.17. The minimum atomic E-state index is -0.897. The van der Waals surface area contributed by atoms with E-state index in [1.807, 2.05) is 10.6 Å². The second-order valence-electron chi connectivity index (χ2n) is 4.95. The molecule has 0 radical (unpaired) electrons. The number of rotatable bonds is 5. The molecular formula is C14H18N2O2. The fraction of sp³-hybridized carbons (Fsp3) is 0.429. The van der Waals surface area contributed by atoms with E-state index in [1.54, 1.807) is 18.5 Å². The van der Waals surface area contributed by atoms with E-state index in [2.05, 4.69) is 18.8 Å². The minimum Gasteiger partial charge on any atom is -0.478 e. The number of para-hydroxylation sites is 1. The highest BCUT2D eigenvalue weighted by molar-refractivity contribution is 6.01. The number of nitrogens with zero attached hydrogens (tertiary/aromatic N) is 2. The van der Waals surface area contributed by atoms with Gasteiger partial charge in [0.1, 0.15) is 0 Å². The van der Waals surface area contributed by atoms with Crippen LogP contribution in [-0.4, -0.2) is 20.6 Å². The molecule has 1 aromatic heterocycles. The second-order valence-corrected chi connectivity index (χ2v) is 4.95. The van der Waals surface area contributed by atoms with Crippen LogP contribution in [0, 0.1) is 5.92 Å². The number of aryl methyl sites for hydroxylation is 1. The van der Waals surface area contributed by atoms with Gasteiger partial charge in [-0.25, -0.2) is 9.78 Å². The quantitative estimate of drug-likeness (QED) is 0.881. The van der Waals surface area contributed by atoms with E-state index >= 15 is 0 Å². The summed E-state index contributed by atoms with van der Waals surface area (Å²) in [6.07, 6.45) is 3.91. The maximum Gasteiger partial charge on any atom is 0.337 e. The number of aromatic nitrogens is 2. The van der Waals surface area contributed by atoms with Crippen molar-refractivity contribution < 1.29 is 9.90 Å². The van der Waals surface area contributed by atoms with Crippen LogP contribution in [0.5, 0.6) is 0 Å². The van der Waals surface area contributed by atoms with E-state index in [4.69, 9.17) is 0 Å². The molecule has 1 heterocycles. The first-order valence-electron chi connectivity index (χ1n) is 6.26. The molecule has 1 aromatic carbocycles. The molecular weight excluding hydrogens is 228 g/mol. The van der Waals surface area contributed by atoms with Crippen LogP contribution in [-0.2, 0) is 6.54 Å². The zero-order chi connectivity index (χ0) is 13.1. The van der Waals surface area contributed by atoms with Gasteiger partial charge in [-0.2, -0.15) is 0 Å². The average molecular weight is 246 g/mol. The smallest absolute Gasteiger partial charge is 0.337 e. The van der Waals surface area contributed by atoms with Gasteiger partial charge in [0, 0.05) is 6.54 Å². The summed E-state index contributed by atoms with van der Waals surface area (Å²) in [7, 11) is 0. The molecule has 0 saturated carbocycles. The first-order valence-corrected chi connectivity index (χ1v) is 6.26. The number of carboxylic acid groups (broad SMARTS) is 1. The van der Waals surface area contributed by atoms with Crippen LogP contribution in [0.15, 0.2) is 24.5 Å². The maximum atomic E-state index is 11.2. The lowest BCUT2D eigenvalue weighted by Gasteiger charge is -2.07. The van der Waals surface area contributed by atoms with Crippen molar-refractivity contribution >= 4 is 17.0 Å². The number of fused-ring (bicyclic) bond motifs is 1. The Balaban J connectivity index is 2.30. The van der Waals surface area contributed by atoms with E-state index < -0.39 is 5.97 Å². The largest absolute Gasteiger partial charge is 0.478 e. The molecule has 4 heteroatoms. The first-order chi connectivity index (χ1) is 8.59. The van der Waals surface area contributed by atoms with E-state index in [1.165, 1.54) is 0 Å².